The molecule has 0 aromatic carbocycles. The topological polar surface area (TPSA) is 15.3 Å². The van der Waals surface area contributed by atoms with E-state index in [0.717, 1.165) is 13.1 Å². The summed E-state index contributed by atoms with van der Waals surface area (Å²) in [5.41, 5.74) is 2.98. The van der Waals surface area contributed by atoms with Gasteiger partial charge in [-0.2, -0.15) is 0 Å². The molecule has 0 amide bonds. The lowest BCUT2D eigenvalue weighted by Crippen LogP contribution is -2.44. The summed E-state index contributed by atoms with van der Waals surface area (Å²) in [7, 11) is 0. The minimum absolute atomic E-state index is 0.655. The smallest absolute Gasteiger partial charge is 0.0575 e. The quantitative estimate of drug-likeness (QED) is 0.590. The molecular formula is C11H14N2. The van der Waals surface area contributed by atoms with Gasteiger partial charge in [-0.3, -0.25) is 0 Å². The maximum Gasteiger partial charge on any atom is 0.0575 e. The van der Waals surface area contributed by atoms with Crippen LogP contribution < -0.4 is 5.32 Å². The molecule has 13 heavy (non-hydrogen) atoms. The van der Waals surface area contributed by atoms with E-state index in [1.807, 2.05) is 0 Å². The summed E-state index contributed by atoms with van der Waals surface area (Å²) in [5.74, 6) is 0. The average Bonchev–Trinajstić information content (AvgIpc) is 2.56. The van der Waals surface area contributed by atoms with Crippen molar-refractivity contribution in [2.75, 3.05) is 19.6 Å². The average molecular weight is 174 g/mol. The summed E-state index contributed by atoms with van der Waals surface area (Å²) in [6.07, 6.45) is 10.2. The summed E-state index contributed by atoms with van der Waals surface area (Å²) >= 11 is 0. The normalized spacial score (nSPS) is 30.8. The molecule has 2 nitrogen and oxygen atoms in total. The second kappa shape index (κ2) is 2.74. The van der Waals surface area contributed by atoms with E-state index in [1.54, 1.807) is 0 Å². The molecule has 1 fully saturated rings. The summed E-state index contributed by atoms with van der Waals surface area (Å²) in [6.45, 7) is 3.35. The van der Waals surface area contributed by atoms with E-state index in [2.05, 4.69) is 34.5 Å². The molecule has 2 aliphatic heterocycles. The molecule has 3 rings (SSSR count). The Morgan fingerprint density at radius 2 is 2.46 bits per heavy atom. The SMILES string of the molecule is C1=CCC2C(=C1)C=C1CNCCN12. The minimum Gasteiger partial charge on any atom is -0.365 e. The monoisotopic (exact) mass is 174 g/mol. The van der Waals surface area contributed by atoms with Gasteiger partial charge in [0.05, 0.1) is 6.04 Å². The Balaban J connectivity index is 1.96. The number of allylic oxidation sites excluding steroid dienone is 2. The summed E-state index contributed by atoms with van der Waals surface area (Å²) < 4.78 is 0. The zero-order chi connectivity index (χ0) is 8.67. The van der Waals surface area contributed by atoms with Crippen LogP contribution in [0.25, 0.3) is 0 Å². The number of nitrogens with zero attached hydrogens (tertiary/aromatic N) is 1. The van der Waals surface area contributed by atoms with Gasteiger partial charge in [0.15, 0.2) is 0 Å². The van der Waals surface area contributed by atoms with Crippen LogP contribution in [0.4, 0.5) is 0 Å². The summed E-state index contributed by atoms with van der Waals surface area (Å²) in [5, 5.41) is 3.41. The molecule has 0 aromatic rings. The first-order valence-electron chi connectivity index (χ1n) is 5.00. The van der Waals surface area contributed by atoms with Gasteiger partial charge in [-0.05, 0) is 18.1 Å². The zero-order valence-corrected chi connectivity index (χ0v) is 7.66. The van der Waals surface area contributed by atoms with Crippen LogP contribution in [0.15, 0.2) is 35.6 Å². The standard InChI is InChI=1S/C11H14N2/c1-2-4-11-9(3-1)7-10-8-12-5-6-13(10)11/h1-3,7,11-12H,4-6,8H2. The Kier molecular flexibility index (Phi) is 1.56. The lowest BCUT2D eigenvalue weighted by molar-refractivity contribution is 0.269. The van der Waals surface area contributed by atoms with Gasteiger partial charge in [-0.25, -0.2) is 0 Å². The molecule has 1 unspecified atom stereocenters. The molecule has 0 spiro atoms. The van der Waals surface area contributed by atoms with Crippen molar-refractivity contribution in [1.29, 1.82) is 0 Å². The molecule has 2 heteroatoms. The van der Waals surface area contributed by atoms with Crippen LogP contribution >= 0.6 is 0 Å². The number of hydrogen-bond donors (Lipinski definition) is 1. The highest BCUT2D eigenvalue weighted by Gasteiger charge is 2.30. The maximum atomic E-state index is 3.41. The molecular weight excluding hydrogens is 160 g/mol. The number of piperazine rings is 1. The van der Waals surface area contributed by atoms with Gasteiger partial charge in [0.25, 0.3) is 0 Å². The third-order valence-corrected chi connectivity index (χ3v) is 3.08. The number of nitrogens with one attached hydrogen (secondary N) is 1. The Morgan fingerprint density at radius 1 is 1.46 bits per heavy atom. The number of rotatable bonds is 0. The van der Waals surface area contributed by atoms with E-state index in [0.29, 0.717) is 6.04 Å². The first-order valence-corrected chi connectivity index (χ1v) is 5.00. The van der Waals surface area contributed by atoms with Gasteiger partial charge < -0.3 is 10.2 Å². The largest absolute Gasteiger partial charge is 0.365 e. The van der Waals surface area contributed by atoms with Crippen LogP contribution in [0.2, 0.25) is 0 Å². The predicted molar refractivity (Wildman–Crippen MR) is 53.3 cm³/mol. The number of fused-ring (bicyclic) bond motifs is 3. The third-order valence-electron chi connectivity index (χ3n) is 3.08. The first-order chi connectivity index (χ1) is 6.45. The third kappa shape index (κ3) is 1.05. The Hall–Kier alpha value is -1.02. The maximum absolute atomic E-state index is 3.41. The van der Waals surface area contributed by atoms with Gasteiger partial charge in [0.1, 0.15) is 0 Å². The molecule has 1 saturated heterocycles. The van der Waals surface area contributed by atoms with Crippen LogP contribution in [0.3, 0.4) is 0 Å². The fourth-order valence-corrected chi connectivity index (χ4v) is 2.43. The molecule has 68 valence electrons. The zero-order valence-electron chi connectivity index (χ0n) is 7.66. The number of hydrogen-bond acceptors (Lipinski definition) is 2. The van der Waals surface area contributed by atoms with Crippen LogP contribution in [0.1, 0.15) is 6.42 Å². The van der Waals surface area contributed by atoms with E-state index in [1.165, 1.54) is 24.2 Å². The predicted octanol–water partition coefficient (Wildman–Crippen LogP) is 1.04. The van der Waals surface area contributed by atoms with E-state index < -0.39 is 0 Å². The highest BCUT2D eigenvalue weighted by Crippen LogP contribution is 2.31. The van der Waals surface area contributed by atoms with Gasteiger partial charge in [-0.1, -0.05) is 18.2 Å². The van der Waals surface area contributed by atoms with Crippen molar-refractivity contribution in [2.45, 2.75) is 12.5 Å². The molecule has 1 N–H and O–H groups in total. The van der Waals surface area contributed by atoms with E-state index in [9.17, 15) is 0 Å². The van der Waals surface area contributed by atoms with Crippen LogP contribution in [0.5, 0.6) is 0 Å². The van der Waals surface area contributed by atoms with E-state index >= 15 is 0 Å². The summed E-state index contributed by atoms with van der Waals surface area (Å²) in [6, 6.07) is 0.655. The highest BCUT2D eigenvalue weighted by molar-refractivity contribution is 5.41. The van der Waals surface area contributed by atoms with Crippen LogP contribution in [-0.4, -0.2) is 30.6 Å². The Morgan fingerprint density at radius 3 is 3.46 bits per heavy atom. The molecule has 0 aromatic heterocycles. The van der Waals surface area contributed by atoms with Crippen LogP contribution in [0, 0.1) is 0 Å². The van der Waals surface area contributed by atoms with Crippen molar-refractivity contribution in [3.8, 4) is 0 Å². The van der Waals surface area contributed by atoms with Crippen LogP contribution in [-0.2, 0) is 0 Å². The minimum atomic E-state index is 0.655. The van der Waals surface area contributed by atoms with Crippen molar-refractivity contribution in [3.05, 3.63) is 35.6 Å². The first kappa shape index (κ1) is 7.39. The fraction of sp³-hybridized carbons (Fsp3) is 0.455. The van der Waals surface area contributed by atoms with Gasteiger partial charge >= 0.3 is 0 Å². The molecule has 2 heterocycles. The fourth-order valence-electron chi connectivity index (χ4n) is 2.43. The van der Waals surface area contributed by atoms with Crippen molar-refractivity contribution in [3.63, 3.8) is 0 Å². The lowest BCUT2D eigenvalue weighted by Gasteiger charge is -2.34. The molecule has 0 radical (unpaired) electrons. The van der Waals surface area contributed by atoms with E-state index in [-0.39, 0.29) is 0 Å². The van der Waals surface area contributed by atoms with Gasteiger partial charge in [0, 0.05) is 25.3 Å². The molecule has 1 atom stereocenters. The second-order valence-electron chi connectivity index (χ2n) is 3.85. The Bertz CT molecular complexity index is 312. The molecule has 1 aliphatic carbocycles. The van der Waals surface area contributed by atoms with Gasteiger partial charge in [0.2, 0.25) is 0 Å². The van der Waals surface area contributed by atoms with Crippen molar-refractivity contribution < 1.29 is 0 Å². The van der Waals surface area contributed by atoms with Crippen molar-refractivity contribution in [1.82, 2.24) is 10.2 Å². The highest BCUT2D eigenvalue weighted by atomic mass is 15.2. The molecule has 0 bridgehead atoms. The van der Waals surface area contributed by atoms with Crippen molar-refractivity contribution in [2.24, 2.45) is 0 Å². The molecule has 3 aliphatic rings. The second-order valence-corrected chi connectivity index (χ2v) is 3.85. The lowest BCUT2D eigenvalue weighted by atomic mass is 10.0. The van der Waals surface area contributed by atoms with Crippen molar-refractivity contribution >= 4 is 0 Å². The molecule has 0 saturated carbocycles. The van der Waals surface area contributed by atoms with Gasteiger partial charge in [-0.15, -0.1) is 0 Å². The summed E-state index contributed by atoms with van der Waals surface area (Å²) in [4.78, 5) is 2.55. The Labute approximate surface area is 78.6 Å². The van der Waals surface area contributed by atoms with E-state index in [4.69, 9.17) is 0 Å².